The largest absolute Gasteiger partial charge is 0.375 e. The number of halogens is 1. The van der Waals surface area contributed by atoms with E-state index in [9.17, 15) is 0 Å². The van der Waals surface area contributed by atoms with E-state index in [1.54, 1.807) is 0 Å². The Hall–Kier alpha value is -1.80. The van der Waals surface area contributed by atoms with Crippen LogP contribution in [0.2, 0.25) is 0 Å². The van der Waals surface area contributed by atoms with Crippen molar-refractivity contribution in [3.63, 3.8) is 0 Å². The number of hydrogen-bond donors (Lipinski definition) is 2. The van der Waals surface area contributed by atoms with Gasteiger partial charge in [0.05, 0.1) is 13.2 Å². The number of anilines is 1. The van der Waals surface area contributed by atoms with Gasteiger partial charge in [0, 0.05) is 38.4 Å². The third-order valence-corrected chi connectivity index (χ3v) is 4.83. The third-order valence-electron chi connectivity index (χ3n) is 4.83. The molecule has 2 aromatic carbocycles. The first-order valence-electron chi connectivity index (χ1n) is 9.74. The highest BCUT2D eigenvalue weighted by Gasteiger charge is 2.19. The molecule has 0 bridgehead atoms. The van der Waals surface area contributed by atoms with Gasteiger partial charge in [-0.05, 0) is 30.5 Å². The van der Waals surface area contributed by atoms with Crippen molar-refractivity contribution in [3.05, 3.63) is 66.2 Å². The van der Waals surface area contributed by atoms with Crippen LogP contribution in [-0.4, -0.2) is 45.3 Å². The summed E-state index contributed by atoms with van der Waals surface area (Å²) >= 11 is 0. The number of guanidine groups is 1. The average molecular weight is 494 g/mol. The Balaban J connectivity index is 0.00000280. The molecule has 0 spiro atoms. The topological polar surface area (TPSA) is 48.9 Å². The summed E-state index contributed by atoms with van der Waals surface area (Å²) in [5.41, 5.74) is 2.51. The number of para-hydroxylation sites is 1. The van der Waals surface area contributed by atoms with Crippen LogP contribution < -0.4 is 15.5 Å². The second-order valence-corrected chi connectivity index (χ2v) is 6.78. The molecular weight excluding hydrogens is 463 g/mol. The molecular formula is C22H31IN4O. The average Bonchev–Trinajstić information content (AvgIpc) is 2.74. The summed E-state index contributed by atoms with van der Waals surface area (Å²) < 4.78 is 5.72. The Morgan fingerprint density at radius 2 is 1.68 bits per heavy atom. The van der Waals surface area contributed by atoms with Crippen molar-refractivity contribution < 1.29 is 4.74 Å². The SMILES string of the molecule is CN=C(NCCOCc1ccccc1)NC1CCN(c2ccccc2)CC1.I. The van der Waals surface area contributed by atoms with Gasteiger partial charge in [0.2, 0.25) is 0 Å². The molecule has 2 N–H and O–H groups in total. The van der Waals surface area contributed by atoms with Crippen LogP contribution in [0.3, 0.4) is 0 Å². The monoisotopic (exact) mass is 494 g/mol. The molecule has 6 heteroatoms. The van der Waals surface area contributed by atoms with Gasteiger partial charge in [-0.25, -0.2) is 0 Å². The molecule has 152 valence electrons. The first-order valence-corrected chi connectivity index (χ1v) is 9.74. The molecule has 0 saturated carbocycles. The van der Waals surface area contributed by atoms with Crippen LogP contribution in [0.5, 0.6) is 0 Å². The molecule has 0 radical (unpaired) electrons. The summed E-state index contributed by atoms with van der Waals surface area (Å²) in [5, 5.41) is 6.89. The van der Waals surface area contributed by atoms with Crippen molar-refractivity contribution >= 4 is 35.6 Å². The summed E-state index contributed by atoms with van der Waals surface area (Å²) in [5.74, 6) is 0.858. The van der Waals surface area contributed by atoms with Crippen molar-refractivity contribution in [2.75, 3.05) is 38.2 Å². The Bertz CT molecular complexity index is 688. The van der Waals surface area contributed by atoms with Crippen LogP contribution in [0.25, 0.3) is 0 Å². The lowest BCUT2D eigenvalue weighted by Gasteiger charge is -2.34. The lowest BCUT2D eigenvalue weighted by atomic mass is 10.0. The quantitative estimate of drug-likeness (QED) is 0.267. The molecule has 1 fully saturated rings. The highest BCUT2D eigenvalue weighted by Crippen LogP contribution is 2.19. The summed E-state index contributed by atoms with van der Waals surface area (Å²) in [6, 6.07) is 21.3. The molecule has 28 heavy (non-hydrogen) atoms. The van der Waals surface area contributed by atoms with Crippen molar-refractivity contribution in [1.82, 2.24) is 10.6 Å². The second kappa shape index (κ2) is 12.6. The first-order chi connectivity index (χ1) is 13.3. The van der Waals surface area contributed by atoms with Gasteiger partial charge in [-0.3, -0.25) is 4.99 Å². The Morgan fingerprint density at radius 3 is 2.32 bits per heavy atom. The highest BCUT2D eigenvalue weighted by molar-refractivity contribution is 14.0. The molecule has 3 rings (SSSR count). The molecule has 0 atom stereocenters. The lowest BCUT2D eigenvalue weighted by molar-refractivity contribution is 0.125. The summed E-state index contributed by atoms with van der Waals surface area (Å²) in [4.78, 5) is 6.79. The molecule has 0 unspecified atom stereocenters. The number of aliphatic imine (C=N–C) groups is 1. The number of rotatable bonds is 7. The number of ether oxygens (including phenoxy) is 1. The Morgan fingerprint density at radius 1 is 1.04 bits per heavy atom. The van der Waals surface area contributed by atoms with Gasteiger partial charge in [-0.1, -0.05) is 48.5 Å². The minimum atomic E-state index is 0. The van der Waals surface area contributed by atoms with E-state index in [4.69, 9.17) is 4.74 Å². The summed E-state index contributed by atoms with van der Waals surface area (Å²) in [7, 11) is 1.82. The fourth-order valence-electron chi connectivity index (χ4n) is 3.31. The molecule has 2 aromatic rings. The minimum absolute atomic E-state index is 0. The van der Waals surface area contributed by atoms with Crippen LogP contribution in [0, 0.1) is 0 Å². The first kappa shape index (κ1) is 22.5. The van der Waals surface area contributed by atoms with Crippen LogP contribution in [-0.2, 0) is 11.3 Å². The molecule has 5 nitrogen and oxygen atoms in total. The normalized spacial score (nSPS) is 15.0. The second-order valence-electron chi connectivity index (χ2n) is 6.78. The summed E-state index contributed by atoms with van der Waals surface area (Å²) in [6.45, 7) is 4.18. The van der Waals surface area contributed by atoms with Gasteiger partial charge >= 0.3 is 0 Å². The number of nitrogens with one attached hydrogen (secondary N) is 2. The van der Waals surface area contributed by atoms with Gasteiger partial charge in [-0.15, -0.1) is 24.0 Å². The van der Waals surface area contributed by atoms with Gasteiger partial charge in [0.25, 0.3) is 0 Å². The third kappa shape index (κ3) is 7.31. The Kier molecular flexibility index (Phi) is 10.1. The van der Waals surface area contributed by atoms with Gasteiger partial charge in [0.1, 0.15) is 0 Å². The van der Waals surface area contributed by atoms with Crippen molar-refractivity contribution in [1.29, 1.82) is 0 Å². The number of hydrogen-bond acceptors (Lipinski definition) is 3. The van der Waals surface area contributed by atoms with E-state index in [-0.39, 0.29) is 24.0 Å². The van der Waals surface area contributed by atoms with Crippen molar-refractivity contribution in [2.45, 2.75) is 25.5 Å². The van der Waals surface area contributed by atoms with Gasteiger partial charge in [0.15, 0.2) is 5.96 Å². The molecule has 1 aliphatic rings. The van der Waals surface area contributed by atoms with E-state index in [2.05, 4.69) is 63.0 Å². The smallest absolute Gasteiger partial charge is 0.191 e. The zero-order chi connectivity index (χ0) is 18.7. The number of benzene rings is 2. The molecule has 1 heterocycles. The van der Waals surface area contributed by atoms with E-state index in [0.717, 1.165) is 38.4 Å². The van der Waals surface area contributed by atoms with Crippen LogP contribution in [0.15, 0.2) is 65.7 Å². The van der Waals surface area contributed by atoms with Crippen LogP contribution in [0.1, 0.15) is 18.4 Å². The zero-order valence-electron chi connectivity index (χ0n) is 16.5. The van der Waals surface area contributed by atoms with Crippen LogP contribution in [0.4, 0.5) is 5.69 Å². The van der Waals surface area contributed by atoms with Crippen molar-refractivity contribution in [3.8, 4) is 0 Å². The van der Waals surface area contributed by atoms with E-state index in [1.807, 2.05) is 25.2 Å². The molecule has 1 saturated heterocycles. The molecule has 1 aliphatic heterocycles. The predicted octanol–water partition coefficient (Wildman–Crippen LogP) is 3.66. The molecule has 0 aliphatic carbocycles. The van der Waals surface area contributed by atoms with E-state index < -0.39 is 0 Å². The van der Waals surface area contributed by atoms with E-state index >= 15 is 0 Å². The number of piperidine rings is 1. The van der Waals surface area contributed by atoms with E-state index in [0.29, 0.717) is 19.3 Å². The maximum absolute atomic E-state index is 5.72. The summed E-state index contributed by atoms with van der Waals surface area (Å²) in [6.07, 6.45) is 2.22. The Labute approximate surface area is 185 Å². The molecule has 0 aromatic heterocycles. The van der Waals surface area contributed by atoms with Gasteiger partial charge in [-0.2, -0.15) is 0 Å². The van der Waals surface area contributed by atoms with Crippen LogP contribution >= 0.6 is 24.0 Å². The number of nitrogens with zero attached hydrogens (tertiary/aromatic N) is 2. The highest BCUT2D eigenvalue weighted by atomic mass is 127. The van der Waals surface area contributed by atoms with Gasteiger partial charge < -0.3 is 20.3 Å². The molecule has 0 amide bonds. The zero-order valence-corrected chi connectivity index (χ0v) is 18.8. The predicted molar refractivity (Wildman–Crippen MR) is 128 cm³/mol. The maximum Gasteiger partial charge on any atom is 0.191 e. The maximum atomic E-state index is 5.72. The standard InChI is InChI=1S/C22H30N4O.HI/c1-23-22(24-14-17-27-18-19-8-4-2-5-9-19)25-20-12-15-26(16-13-20)21-10-6-3-7-11-21;/h2-11,20H,12-18H2,1H3,(H2,23,24,25);1H. The lowest BCUT2D eigenvalue weighted by Crippen LogP contribution is -2.49. The fourth-order valence-corrected chi connectivity index (χ4v) is 3.31. The van der Waals surface area contributed by atoms with Crippen molar-refractivity contribution in [2.24, 2.45) is 4.99 Å². The fraction of sp³-hybridized carbons (Fsp3) is 0.409. The minimum Gasteiger partial charge on any atom is -0.375 e. The van der Waals surface area contributed by atoms with E-state index in [1.165, 1.54) is 11.3 Å².